The lowest BCUT2D eigenvalue weighted by atomic mass is 9.95. The van der Waals surface area contributed by atoms with Crippen molar-refractivity contribution in [2.24, 2.45) is 0 Å². The molecule has 2 N–H and O–H groups in total. The first kappa shape index (κ1) is 20.6. The summed E-state index contributed by atoms with van der Waals surface area (Å²) in [5, 5.41) is 7.39. The van der Waals surface area contributed by atoms with Crippen molar-refractivity contribution in [3.8, 4) is 0 Å². The first-order valence-electron chi connectivity index (χ1n) is 10.2. The van der Waals surface area contributed by atoms with E-state index in [2.05, 4.69) is 10.6 Å². The van der Waals surface area contributed by atoms with Crippen LogP contribution in [0.25, 0.3) is 11.0 Å². The van der Waals surface area contributed by atoms with Crippen LogP contribution in [0.15, 0.2) is 22.6 Å². The van der Waals surface area contributed by atoms with Crippen LogP contribution in [0.5, 0.6) is 0 Å². The molecule has 2 heterocycles. The van der Waals surface area contributed by atoms with Crippen LogP contribution in [0.2, 0.25) is 0 Å². The molecule has 2 aromatic heterocycles. The summed E-state index contributed by atoms with van der Waals surface area (Å²) in [6, 6.07) is 5.86. The van der Waals surface area contributed by atoms with Crippen molar-refractivity contribution in [3.05, 3.63) is 51.1 Å². The molecule has 0 saturated heterocycles. The zero-order chi connectivity index (χ0) is 21.3. The molecule has 1 aliphatic rings. The molecular weight excluding hydrogens is 400 g/mol. The smallest absolute Gasteiger partial charge is 0.292 e. The third kappa shape index (κ3) is 3.87. The first-order chi connectivity index (χ1) is 14.5. The van der Waals surface area contributed by atoms with Crippen LogP contribution in [0.1, 0.15) is 55.3 Å². The van der Waals surface area contributed by atoms with E-state index in [0.717, 1.165) is 47.8 Å². The van der Waals surface area contributed by atoms with Gasteiger partial charge >= 0.3 is 0 Å². The number of hydrogen-bond donors (Lipinski definition) is 2. The Labute approximate surface area is 179 Å². The van der Waals surface area contributed by atoms with Gasteiger partial charge in [-0.1, -0.05) is 11.6 Å². The van der Waals surface area contributed by atoms with Gasteiger partial charge < -0.3 is 19.8 Å². The quantitative estimate of drug-likeness (QED) is 0.564. The SMILES string of the molecule is COCCNC(=O)c1c(NC(=O)c2oc3ccc(C)cc3c2C)sc2c1CCCC2. The summed E-state index contributed by atoms with van der Waals surface area (Å²) in [4.78, 5) is 27.2. The molecule has 0 unspecified atom stereocenters. The van der Waals surface area contributed by atoms with Gasteiger partial charge in [0.15, 0.2) is 5.76 Å². The largest absolute Gasteiger partial charge is 0.451 e. The zero-order valence-corrected chi connectivity index (χ0v) is 18.3. The maximum atomic E-state index is 13.1. The van der Waals surface area contributed by atoms with Gasteiger partial charge in [0, 0.05) is 29.5 Å². The van der Waals surface area contributed by atoms with Crippen LogP contribution in [0, 0.1) is 13.8 Å². The van der Waals surface area contributed by atoms with Crippen molar-refractivity contribution in [2.75, 3.05) is 25.6 Å². The van der Waals surface area contributed by atoms with Gasteiger partial charge in [-0.05, 0) is 57.2 Å². The van der Waals surface area contributed by atoms with Gasteiger partial charge in [0.1, 0.15) is 10.6 Å². The fraction of sp³-hybridized carbons (Fsp3) is 0.391. The molecule has 0 aliphatic heterocycles. The number of furan rings is 1. The molecule has 1 aromatic carbocycles. The summed E-state index contributed by atoms with van der Waals surface area (Å²) in [5.74, 6) is -0.211. The average Bonchev–Trinajstić information content (AvgIpc) is 3.25. The standard InChI is InChI=1S/C23H26N2O4S/c1-13-8-9-17-16(12-13)14(2)20(29-17)22(27)25-23-19(21(26)24-10-11-28-3)15-6-4-5-7-18(15)30-23/h8-9,12H,4-7,10-11H2,1-3H3,(H,24,26)(H,25,27). The first-order valence-corrected chi connectivity index (χ1v) is 11.0. The second-order valence-corrected chi connectivity index (χ2v) is 8.78. The lowest BCUT2D eigenvalue weighted by molar-refractivity contribution is 0.0937. The number of anilines is 1. The molecule has 1 aliphatic carbocycles. The number of fused-ring (bicyclic) bond motifs is 2. The summed E-state index contributed by atoms with van der Waals surface area (Å²) in [6.07, 6.45) is 3.96. The summed E-state index contributed by atoms with van der Waals surface area (Å²) < 4.78 is 10.9. The van der Waals surface area contributed by atoms with Crippen LogP contribution in [0.3, 0.4) is 0 Å². The van der Waals surface area contributed by atoms with E-state index in [1.807, 2.05) is 32.0 Å². The minimum absolute atomic E-state index is 0.168. The normalized spacial score (nSPS) is 13.3. The van der Waals surface area contributed by atoms with Gasteiger partial charge in [-0.15, -0.1) is 11.3 Å². The van der Waals surface area contributed by atoms with Crippen LogP contribution >= 0.6 is 11.3 Å². The van der Waals surface area contributed by atoms with E-state index in [1.165, 1.54) is 16.2 Å². The van der Waals surface area contributed by atoms with Crippen LogP contribution in [0.4, 0.5) is 5.00 Å². The summed E-state index contributed by atoms with van der Waals surface area (Å²) in [6.45, 7) is 4.76. The van der Waals surface area contributed by atoms with E-state index in [0.29, 0.717) is 29.3 Å². The molecule has 0 atom stereocenters. The fourth-order valence-electron chi connectivity index (χ4n) is 3.96. The molecule has 30 heavy (non-hydrogen) atoms. The molecule has 0 radical (unpaired) electrons. The molecule has 0 bridgehead atoms. The second kappa shape index (κ2) is 8.62. The number of carbonyl (C=O) groups is 2. The molecule has 0 fully saturated rings. The molecule has 0 spiro atoms. The molecule has 7 heteroatoms. The number of ether oxygens (including phenoxy) is 1. The van der Waals surface area contributed by atoms with E-state index >= 15 is 0 Å². The molecule has 3 aromatic rings. The Morgan fingerprint density at radius 3 is 2.77 bits per heavy atom. The average molecular weight is 427 g/mol. The van der Waals surface area contributed by atoms with Crippen molar-refractivity contribution in [3.63, 3.8) is 0 Å². The summed E-state index contributed by atoms with van der Waals surface area (Å²) in [5.41, 5.74) is 4.25. The van der Waals surface area contributed by atoms with Crippen LogP contribution in [-0.4, -0.2) is 32.1 Å². The Bertz CT molecular complexity index is 1110. The molecule has 2 amide bonds. The predicted molar refractivity (Wildman–Crippen MR) is 119 cm³/mol. The molecular formula is C23H26N2O4S. The number of thiophene rings is 1. The number of nitrogens with one attached hydrogen (secondary N) is 2. The Kier molecular flexibility index (Phi) is 5.92. The van der Waals surface area contributed by atoms with Gasteiger partial charge in [0.2, 0.25) is 0 Å². The number of methoxy groups -OCH3 is 1. The highest BCUT2D eigenvalue weighted by atomic mass is 32.1. The lowest BCUT2D eigenvalue weighted by Gasteiger charge is -2.13. The van der Waals surface area contributed by atoms with Gasteiger partial charge in [0.05, 0.1) is 12.2 Å². The van der Waals surface area contributed by atoms with E-state index in [4.69, 9.17) is 9.15 Å². The van der Waals surface area contributed by atoms with E-state index < -0.39 is 0 Å². The maximum Gasteiger partial charge on any atom is 0.292 e. The van der Waals surface area contributed by atoms with Crippen molar-refractivity contribution < 1.29 is 18.7 Å². The van der Waals surface area contributed by atoms with Gasteiger partial charge in [0.25, 0.3) is 11.8 Å². The highest BCUT2D eigenvalue weighted by molar-refractivity contribution is 7.17. The highest BCUT2D eigenvalue weighted by Gasteiger charge is 2.27. The third-order valence-electron chi connectivity index (χ3n) is 5.52. The Balaban J connectivity index is 1.65. The number of hydrogen-bond acceptors (Lipinski definition) is 5. The van der Waals surface area contributed by atoms with Crippen LogP contribution < -0.4 is 10.6 Å². The predicted octanol–water partition coefficient (Wildman–Crippen LogP) is 4.62. The number of carbonyl (C=O) groups excluding carboxylic acids is 2. The number of benzene rings is 1. The van der Waals surface area contributed by atoms with Crippen LogP contribution in [-0.2, 0) is 17.6 Å². The van der Waals surface area contributed by atoms with Crippen molar-refractivity contribution in [1.29, 1.82) is 0 Å². The third-order valence-corrected chi connectivity index (χ3v) is 6.72. The molecule has 4 rings (SSSR count). The lowest BCUT2D eigenvalue weighted by Crippen LogP contribution is -2.28. The fourth-order valence-corrected chi connectivity index (χ4v) is 5.24. The van der Waals surface area contributed by atoms with E-state index in [9.17, 15) is 9.59 Å². The molecule has 158 valence electrons. The Morgan fingerprint density at radius 2 is 1.97 bits per heavy atom. The topological polar surface area (TPSA) is 80.6 Å². The van der Waals surface area contributed by atoms with E-state index in [1.54, 1.807) is 7.11 Å². The molecule has 6 nitrogen and oxygen atoms in total. The van der Waals surface area contributed by atoms with Crippen molar-refractivity contribution >= 4 is 39.1 Å². The van der Waals surface area contributed by atoms with Crippen molar-refractivity contribution in [2.45, 2.75) is 39.5 Å². The van der Waals surface area contributed by atoms with E-state index in [-0.39, 0.29) is 17.6 Å². The van der Waals surface area contributed by atoms with Gasteiger partial charge in [-0.25, -0.2) is 0 Å². The second-order valence-electron chi connectivity index (χ2n) is 7.67. The minimum Gasteiger partial charge on any atom is -0.451 e. The maximum absolute atomic E-state index is 13.1. The highest BCUT2D eigenvalue weighted by Crippen LogP contribution is 2.38. The van der Waals surface area contributed by atoms with Gasteiger partial charge in [-0.2, -0.15) is 0 Å². The monoisotopic (exact) mass is 426 g/mol. The van der Waals surface area contributed by atoms with Crippen molar-refractivity contribution in [1.82, 2.24) is 5.32 Å². The number of amides is 2. The minimum atomic E-state index is -0.328. The number of aryl methyl sites for hydroxylation is 3. The van der Waals surface area contributed by atoms with Gasteiger partial charge in [-0.3, -0.25) is 9.59 Å². The summed E-state index contributed by atoms with van der Waals surface area (Å²) >= 11 is 1.50. The molecule has 0 saturated carbocycles. The Morgan fingerprint density at radius 1 is 1.17 bits per heavy atom. The Hall–Kier alpha value is -2.64. The zero-order valence-electron chi connectivity index (χ0n) is 17.5. The summed E-state index contributed by atoms with van der Waals surface area (Å²) in [7, 11) is 1.60. The number of rotatable bonds is 6.